The van der Waals surface area contributed by atoms with Gasteiger partial charge in [0, 0.05) is 36.9 Å². The average Bonchev–Trinajstić information content (AvgIpc) is 2.91. The van der Waals surface area contributed by atoms with Crippen LogP contribution in [0.5, 0.6) is 0 Å². The molecular formula is C19H25ClN4O2. The molecule has 1 fully saturated rings. The zero-order chi connectivity index (χ0) is 18.5. The zero-order valence-corrected chi connectivity index (χ0v) is 16.1. The van der Waals surface area contributed by atoms with Gasteiger partial charge in [0.15, 0.2) is 0 Å². The smallest absolute Gasteiger partial charge is 0.255 e. The molecule has 1 aliphatic rings. The first-order valence-corrected chi connectivity index (χ1v) is 9.30. The highest BCUT2D eigenvalue weighted by molar-refractivity contribution is 6.31. The first-order valence-electron chi connectivity index (χ1n) is 8.92. The molecule has 1 amide bonds. The third-order valence-corrected chi connectivity index (χ3v) is 5.07. The van der Waals surface area contributed by atoms with Crippen LogP contribution >= 0.6 is 11.6 Å². The van der Waals surface area contributed by atoms with Crippen molar-refractivity contribution in [3.8, 4) is 0 Å². The van der Waals surface area contributed by atoms with Gasteiger partial charge in [-0.05, 0) is 25.5 Å². The van der Waals surface area contributed by atoms with Gasteiger partial charge in [0.05, 0.1) is 31.0 Å². The number of carbonyl (C=O) groups is 1. The minimum Gasteiger partial charge on any atom is -0.379 e. The van der Waals surface area contributed by atoms with Crippen molar-refractivity contribution >= 4 is 17.5 Å². The Hall–Kier alpha value is -1.89. The number of halogens is 1. The van der Waals surface area contributed by atoms with Crippen molar-refractivity contribution in [2.45, 2.75) is 20.4 Å². The molecule has 3 rings (SSSR count). The molecule has 1 aromatic carbocycles. The maximum atomic E-state index is 12.6. The van der Waals surface area contributed by atoms with Crippen molar-refractivity contribution in [2.24, 2.45) is 0 Å². The van der Waals surface area contributed by atoms with E-state index in [4.69, 9.17) is 16.3 Å². The Bertz CT molecular complexity index is 769. The Labute approximate surface area is 159 Å². The van der Waals surface area contributed by atoms with Crippen LogP contribution in [0.2, 0.25) is 5.02 Å². The largest absolute Gasteiger partial charge is 0.379 e. The van der Waals surface area contributed by atoms with Crippen LogP contribution in [0.1, 0.15) is 27.3 Å². The lowest BCUT2D eigenvalue weighted by Crippen LogP contribution is -2.41. The van der Waals surface area contributed by atoms with Gasteiger partial charge in [-0.1, -0.05) is 29.8 Å². The lowest BCUT2D eigenvalue weighted by atomic mass is 10.1. The number of carbonyl (C=O) groups excluding carboxylic acids is 1. The Kier molecular flexibility index (Phi) is 6.29. The van der Waals surface area contributed by atoms with Crippen LogP contribution in [0.3, 0.4) is 0 Å². The molecule has 0 unspecified atom stereocenters. The van der Waals surface area contributed by atoms with Crippen molar-refractivity contribution in [1.29, 1.82) is 0 Å². The summed E-state index contributed by atoms with van der Waals surface area (Å²) in [5.41, 5.74) is 3.22. The molecule has 1 N–H and O–H groups in total. The number of hydrogen-bond donors (Lipinski definition) is 1. The van der Waals surface area contributed by atoms with Gasteiger partial charge in [-0.25, -0.2) is 0 Å². The molecule has 26 heavy (non-hydrogen) atoms. The lowest BCUT2D eigenvalue weighted by molar-refractivity contribution is 0.0383. The van der Waals surface area contributed by atoms with Gasteiger partial charge in [-0.3, -0.25) is 14.4 Å². The highest BCUT2D eigenvalue weighted by Crippen LogP contribution is 2.19. The molecule has 1 aromatic heterocycles. The monoisotopic (exact) mass is 376 g/mol. The number of nitrogens with one attached hydrogen (secondary N) is 1. The minimum absolute atomic E-state index is 0.0707. The predicted octanol–water partition coefficient (Wildman–Crippen LogP) is 2.26. The lowest BCUT2D eigenvalue weighted by Gasteiger charge is -2.26. The third kappa shape index (κ3) is 4.44. The summed E-state index contributed by atoms with van der Waals surface area (Å²) >= 11 is 6.24. The van der Waals surface area contributed by atoms with E-state index in [1.807, 2.05) is 42.8 Å². The molecule has 2 aromatic rings. The van der Waals surface area contributed by atoms with Gasteiger partial charge in [0.1, 0.15) is 0 Å². The maximum Gasteiger partial charge on any atom is 0.255 e. The van der Waals surface area contributed by atoms with Gasteiger partial charge >= 0.3 is 0 Å². The fourth-order valence-electron chi connectivity index (χ4n) is 3.21. The standard InChI is InChI=1S/C19H25ClN4O2/c1-14-18(19(25)21-7-8-23-9-11-26-12-10-23)15(2)24(22-14)13-16-5-3-4-6-17(16)20/h3-6H,7-13H2,1-2H3,(H,21,25). The van der Waals surface area contributed by atoms with Crippen LogP contribution in [0.25, 0.3) is 0 Å². The van der Waals surface area contributed by atoms with Crippen molar-refractivity contribution in [3.05, 3.63) is 51.8 Å². The number of aromatic nitrogens is 2. The van der Waals surface area contributed by atoms with Crippen LogP contribution < -0.4 is 5.32 Å². The molecule has 140 valence electrons. The number of aryl methyl sites for hydroxylation is 1. The first kappa shape index (κ1) is 18.9. The second-order valence-corrected chi connectivity index (χ2v) is 6.91. The quantitative estimate of drug-likeness (QED) is 0.840. The predicted molar refractivity (Wildman–Crippen MR) is 102 cm³/mol. The average molecular weight is 377 g/mol. The van der Waals surface area contributed by atoms with Crippen LogP contribution in [-0.4, -0.2) is 60.0 Å². The molecule has 1 aliphatic heterocycles. The Morgan fingerprint density at radius 2 is 2.00 bits per heavy atom. The molecule has 0 bridgehead atoms. The molecular weight excluding hydrogens is 352 g/mol. The van der Waals surface area contributed by atoms with E-state index in [0.29, 0.717) is 23.7 Å². The van der Waals surface area contributed by atoms with Gasteiger partial charge < -0.3 is 10.1 Å². The molecule has 7 heteroatoms. The number of morpholine rings is 1. The van der Waals surface area contributed by atoms with Crippen LogP contribution in [0.4, 0.5) is 0 Å². The SMILES string of the molecule is Cc1nn(Cc2ccccc2Cl)c(C)c1C(=O)NCCN1CCOCC1. The molecule has 0 aliphatic carbocycles. The van der Waals surface area contributed by atoms with E-state index < -0.39 is 0 Å². The summed E-state index contributed by atoms with van der Waals surface area (Å²) < 4.78 is 7.18. The molecule has 6 nitrogen and oxygen atoms in total. The first-order chi connectivity index (χ1) is 12.6. The van der Waals surface area contributed by atoms with E-state index in [1.54, 1.807) is 0 Å². The number of rotatable bonds is 6. The minimum atomic E-state index is -0.0707. The molecule has 1 saturated heterocycles. The molecule has 2 heterocycles. The Morgan fingerprint density at radius 1 is 1.27 bits per heavy atom. The number of nitrogens with zero attached hydrogens (tertiary/aromatic N) is 3. The van der Waals surface area contributed by atoms with Crippen molar-refractivity contribution in [2.75, 3.05) is 39.4 Å². The number of amides is 1. The summed E-state index contributed by atoms with van der Waals surface area (Å²) in [4.78, 5) is 14.9. The van der Waals surface area contributed by atoms with E-state index in [1.165, 1.54) is 0 Å². The fraction of sp³-hybridized carbons (Fsp3) is 0.474. The van der Waals surface area contributed by atoms with E-state index in [2.05, 4.69) is 15.3 Å². The van der Waals surface area contributed by atoms with Gasteiger partial charge in [0.25, 0.3) is 5.91 Å². The Balaban J connectivity index is 1.63. The highest BCUT2D eigenvalue weighted by Gasteiger charge is 2.19. The second kappa shape index (κ2) is 8.66. The fourth-order valence-corrected chi connectivity index (χ4v) is 3.40. The summed E-state index contributed by atoms with van der Waals surface area (Å²) in [6.45, 7) is 9.16. The summed E-state index contributed by atoms with van der Waals surface area (Å²) in [5, 5.41) is 8.26. The third-order valence-electron chi connectivity index (χ3n) is 4.70. The number of benzene rings is 1. The second-order valence-electron chi connectivity index (χ2n) is 6.50. The van der Waals surface area contributed by atoms with E-state index in [0.717, 1.165) is 49.8 Å². The summed E-state index contributed by atoms with van der Waals surface area (Å²) in [7, 11) is 0. The topological polar surface area (TPSA) is 59.4 Å². The van der Waals surface area contributed by atoms with Crippen molar-refractivity contribution < 1.29 is 9.53 Å². The molecule has 0 atom stereocenters. The molecule has 0 saturated carbocycles. The summed E-state index contributed by atoms with van der Waals surface area (Å²) in [5.74, 6) is -0.0707. The summed E-state index contributed by atoms with van der Waals surface area (Å²) in [6.07, 6.45) is 0. The zero-order valence-electron chi connectivity index (χ0n) is 15.3. The van der Waals surface area contributed by atoms with Gasteiger partial charge in [-0.2, -0.15) is 5.10 Å². The molecule has 0 spiro atoms. The van der Waals surface area contributed by atoms with Crippen molar-refractivity contribution in [1.82, 2.24) is 20.0 Å². The molecule has 0 radical (unpaired) electrons. The normalized spacial score (nSPS) is 15.2. The van der Waals surface area contributed by atoms with Crippen LogP contribution in [0.15, 0.2) is 24.3 Å². The highest BCUT2D eigenvalue weighted by atomic mass is 35.5. The van der Waals surface area contributed by atoms with Crippen LogP contribution in [0, 0.1) is 13.8 Å². The van der Waals surface area contributed by atoms with E-state index in [9.17, 15) is 4.79 Å². The number of hydrogen-bond acceptors (Lipinski definition) is 4. The maximum absolute atomic E-state index is 12.6. The number of ether oxygens (including phenoxy) is 1. The van der Waals surface area contributed by atoms with Gasteiger partial charge in [0.2, 0.25) is 0 Å². The van der Waals surface area contributed by atoms with E-state index in [-0.39, 0.29) is 5.91 Å². The van der Waals surface area contributed by atoms with E-state index >= 15 is 0 Å². The van der Waals surface area contributed by atoms with Gasteiger partial charge in [-0.15, -0.1) is 0 Å². The van der Waals surface area contributed by atoms with Crippen molar-refractivity contribution in [3.63, 3.8) is 0 Å². The van der Waals surface area contributed by atoms with Crippen LogP contribution in [-0.2, 0) is 11.3 Å². The summed E-state index contributed by atoms with van der Waals surface area (Å²) in [6, 6.07) is 7.69. The Morgan fingerprint density at radius 3 is 2.73 bits per heavy atom.